The van der Waals surface area contributed by atoms with E-state index in [1.165, 1.54) is 0 Å². The van der Waals surface area contributed by atoms with Crippen LogP contribution in [0.3, 0.4) is 0 Å². The standard InChI is InChI=1S/C12H22O7S.Li.H/c1-3-5-6-9(4-2)8-19-12(15)10(7-11(13)14)20(16,17)18;;/h9-10H,3-8H2,1-2H3,(H,13,14)(H,16,17,18);;/q;+1;-1. The van der Waals surface area contributed by atoms with Gasteiger partial charge in [0.1, 0.15) is 0 Å². The molecule has 120 valence electrons. The Balaban J connectivity index is -0.00000180. The number of ether oxygens (including phenoxy) is 1. The van der Waals surface area contributed by atoms with E-state index in [0.717, 1.165) is 25.7 Å². The Morgan fingerprint density at radius 3 is 2.24 bits per heavy atom. The van der Waals surface area contributed by atoms with Gasteiger partial charge in [-0.1, -0.05) is 33.1 Å². The van der Waals surface area contributed by atoms with E-state index in [-0.39, 0.29) is 32.8 Å². The van der Waals surface area contributed by atoms with Gasteiger partial charge >= 0.3 is 30.8 Å². The predicted octanol–water partition coefficient (Wildman–Crippen LogP) is -1.41. The molecule has 0 aliphatic heterocycles. The number of rotatable bonds is 10. The Hall–Kier alpha value is -0.553. The average molecular weight is 318 g/mol. The number of carboxylic acid groups (broad SMARTS) is 1. The fourth-order valence-electron chi connectivity index (χ4n) is 1.66. The maximum absolute atomic E-state index is 11.6. The third-order valence-electron chi connectivity index (χ3n) is 2.99. The van der Waals surface area contributed by atoms with Crippen molar-refractivity contribution in [3.8, 4) is 0 Å². The molecule has 9 heteroatoms. The molecule has 0 aliphatic rings. The van der Waals surface area contributed by atoms with Crippen LogP contribution in [0.2, 0.25) is 0 Å². The second-order valence-electron chi connectivity index (χ2n) is 4.65. The minimum absolute atomic E-state index is 0. The van der Waals surface area contributed by atoms with E-state index in [9.17, 15) is 18.0 Å². The second-order valence-corrected chi connectivity index (χ2v) is 6.25. The van der Waals surface area contributed by atoms with Crippen LogP contribution in [0.1, 0.15) is 47.4 Å². The topological polar surface area (TPSA) is 118 Å². The van der Waals surface area contributed by atoms with E-state index in [2.05, 4.69) is 0 Å². The number of unbranched alkanes of at least 4 members (excludes halogenated alkanes) is 1. The summed E-state index contributed by atoms with van der Waals surface area (Å²) in [7, 11) is -4.79. The van der Waals surface area contributed by atoms with Crippen LogP contribution in [0.25, 0.3) is 0 Å². The molecule has 0 saturated heterocycles. The molecule has 2 atom stereocenters. The van der Waals surface area contributed by atoms with Gasteiger partial charge in [0.15, 0.2) is 5.25 Å². The molecule has 0 amide bonds. The molecule has 2 unspecified atom stereocenters. The fourth-order valence-corrected chi connectivity index (χ4v) is 2.32. The van der Waals surface area contributed by atoms with Gasteiger partial charge in [0.2, 0.25) is 0 Å². The molecule has 0 fully saturated rings. The van der Waals surface area contributed by atoms with E-state index in [1.807, 2.05) is 13.8 Å². The molecular weight excluding hydrogens is 295 g/mol. The van der Waals surface area contributed by atoms with Gasteiger partial charge in [0.05, 0.1) is 13.0 Å². The van der Waals surface area contributed by atoms with E-state index in [1.54, 1.807) is 0 Å². The van der Waals surface area contributed by atoms with Crippen LogP contribution < -0.4 is 18.9 Å². The van der Waals surface area contributed by atoms with Crippen molar-refractivity contribution in [2.45, 2.75) is 51.2 Å². The van der Waals surface area contributed by atoms with Gasteiger partial charge < -0.3 is 11.3 Å². The summed E-state index contributed by atoms with van der Waals surface area (Å²) >= 11 is 0. The summed E-state index contributed by atoms with van der Waals surface area (Å²) in [5.74, 6) is -2.61. The van der Waals surface area contributed by atoms with Crippen LogP contribution in [0, 0.1) is 5.92 Å². The molecule has 0 spiro atoms. The van der Waals surface area contributed by atoms with Gasteiger partial charge in [0, 0.05) is 0 Å². The Labute approximate surface area is 138 Å². The molecule has 2 N–H and O–H groups in total. The summed E-state index contributed by atoms with van der Waals surface area (Å²) in [6.07, 6.45) is 2.56. The molecule has 0 saturated carbocycles. The number of aliphatic carboxylic acids is 1. The number of carboxylic acids is 1. The largest absolute Gasteiger partial charge is 1.00 e. The third kappa shape index (κ3) is 9.91. The first-order valence-electron chi connectivity index (χ1n) is 6.57. The molecule has 21 heavy (non-hydrogen) atoms. The van der Waals surface area contributed by atoms with Gasteiger partial charge in [-0.25, -0.2) is 0 Å². The first-order chi connectivity index (χ1) is 9.22. The van der Waals surface area contributed by atoms with Gasteiger partial charge in [-0.2, -0.15) is 8.42 Å². The minimum atomic E-state index is -4.79. The number of esters is 1. The molecule has 0 radical (unpaired) electrons. The number of hydrogen-bond acceptors (Lipinski definition) is 5. The Morgan fingerprint density at radius 2 is 1.86 bits per heavy atom. The van der Waals surface area contributed by atoms with Crippen LogP contribution in [-0.4, -0.2) is 41.9 Å². The van der Waals surface area contributed by atoms with E-state index < -0.39 is 33.7 Å². The Bertz CT molecular complexity index is 427. The first-order valence-corrected chi connectivity index (χ1v) is 8.07. The fraction of sp³-hybridized carbons (Fsp3) is 0.833. The second kappa shape index (κ2) is 11.1. The van der Waals surface area contributed by atoms with Crippen molar-refractivity contribution in [3.05, 3.63) is 0 Å². The summed E-state index contributed by atoms with van der Waals surface area (Å²) in [4.78, 5) is 22.1. The number of carbonyl (C=O) groups is 2. The van der Waals surface area contributed by atoms with Crippen LogP contribution in [0.4, 0.5) is 0 Å². The van der Waals surface area contributed by atoms with Crippen molar-refractivity contribution in [3.63, 3.8) is 0 Å². The minimum Gasteiger partial charge on any atom is -1.00 e. The Morgan fingerprint density at radius 1 is 1.29 bits per heavy atom. The zero-order valence-corrected chi connectivity index (χ0v) is 13.6. The van der Waals surface area contributed by atoms with E-state index >= 15 is 0 Å². The Kier molecular flexibility index (Phi) is 12.0. The molecule has 0 bridgehead atoms. The molecule has 0 aliphatic carbocycles. The molecule has 7 nitrogen and oxygen atoms in total. The van der Waals surface area contributed by atoms with Gasteiger partial charge in [-0.3, -0.25) is 14.1 Å². The zero-order chi connectivity index (χ0) is 15.8. The smallest absolute Gasteiger partial charge is 1.00 e. The van der Waals surface area contributed by atoms with Gasteiger partial charge in [-0.15, -0.1) is 0 Å². The monoisotopic (exact) mass is 318 g/mol. The maximum atomic E-state index is 11.6. The van der Waals surface area contributed by atoms with Crippen molar-refractivity contribution in [2.75, 3.05) is 6.61 Å². The maximum Gasteiger partial charge on any atom is 1.00 e. The van der Waals surface area contributed by atoms with Crippen molar-refractivity contribution in [1.29, 1.82) is 0 Å². The van der Waals surface area contributed by atoms with Gasteiger partial charge in [0.25, 0.3) is 10.1 Å². The SMILES string of the molecule is CCCCC(CC)COC(=O)C(CC(=O)O)S(=O)(=O)O.[H-].[Li+]. The molecule has 0 rings (SSSR count). The van der Waals surface area contributed by atoms with Crippen LogP contribution in [-0.2, 0) is 24.4 Å². The zero-order valence-electron chi connectivity index (χ0n) is 13.7. The summed E-state index contributed by atoms with van der Waals surface area (Å²) < 4.78 is 35.7. The summed E-state index contributed by atoms with van der Waals surface area (Å²) in [6.45, 7) is 3.98. The summed E-state index contributed by atoms with van der Waals surface area (Å²) in [6, 6.07) is 0. The van der Waals surface area contributed by atoms with E-state index in [0.29, 0.717) is 0 Å². The normalized spacial score (nSPS) is 13.9. The first kappa shape index (κ1) is 22.7. The molecule has 0 aromatic rings. The van der Waals surface area contributed by atoms with Crippen LogP contribution in [0.15, 0.2) is 0 Å². The predicted molar refractivity (Wildman–Crippen MR) is 73.0 cm³/mol. The van der Waals surface area contributed by atoms with Crippen molar-refractivity contribution >= 4 is 22.1 Å². The van der Waals surface area contributed by atoms with Crippen molar-refractivity contribution in [1.82, 2.24) is 0 Å². The average Bonchev–Trinajstić information content (AvgIpc) is 2.34. The molecule has 0 aromatic carbocycles. The van der Waals surface area contributed by atoms with Crippen LogP contribution >= 0.6 is 0 Å². The van der Waals surface area contributed by atoms with Gasteiger partial charge in [-0.05, 0) is 12.3 Å². The van der Waals surface area contributed by atoms with Crippen molar-refractivity contribution < 1.29 is 52.7 Å². The summed E-state index contributed by atoms with van der Waals surface area (Å²) in [5.41, 5.74) is 0. The number of hydrogen-bond donors (Lipinski definition) is 2. The van der Waals surface area contributed by atoms with Crippen LogP contribution in [0.5, 0.6) is 0 Å². The molecular formula is C12H23LiO7S. The number of carbonyl (C=O) groups excluding carboxylic acids is 1. The molecule has 0 heterocycles. The van der Waals surface area contributed by atoms with Crippen molar-refractivity contribution in [2.24, 2.45) is 5.92 Å². The quantitative estimate of drug-likeness (QED) is 0.289. The molecule has 0 aromatic heterocycles. The van der Waals surface area contributed by atoms with E-state index in [4.69, 9.17) is 14.4 Å². The third-order valence-corrected chi connectivity index (χ3v) is 4.07. The summed E-state index contributed by atoms with van der Waals surface area (Å²) in [5, 5.41) is 6.49.